The lowest BCUT2D eigenvalue weighted by molar-refractivity contribution is 0.112. The van der Waals surface area contributed by atoms with E-state index >= 15 is 0 Å². The number of hydrogen-bond acceptors (Lipinski definition) is 3. The molecule has 3 heteroatoms. The van der Waals surface area contributed by atoms with Crippen LogP contribution in [0.15, 0.2) is 18.2 Å². The molecule has 0 aliphatic heterocycles. The van der Waals surface area contributed by atoms with E-state index in [9.17, 15) is 9.90 Å². The summed E-state index contributed by atoms with van der Waals surface area (Å²) in [5, 5.41) is 9.62. The molecular weight excluding hydrogens is 226 g/mol. The van der Waals surface area contributed by atoms with E-state index < -0.39 is 0 Å². The minimum atomic E-state index is 0.0834. The molecule has 0 unspecified atom stereocenters. The van der Waals surface area contributed by atoms with Crippen LogP contribution < -0.4 is 0 Å². The molecule has 0 atom stereocenters. The molecule has 0 fully saturated rings. The third kappa shape index (κ3) is 4.49. The Balaban J connectivity index is 2.56. The van der Waals surface area contributed by atoms with Crippen LogP contribution in [0, 0.1) is 0 Å². The van der Waals surface area contributed by atoms with Crippen LogP contribution in [0.5, 0.6) is 5.75 Å². The smallest absolute Gasteiger partial charge is 0.153 e. The number of carbonyl (C=O) groups excluding carboxylic acids is 1. The number of phenolic OH excluding ortho intramolecular Hbond substituents is 1. The van der Waals surface area contributed by atoms with Crippen LogP contribution in [0.4, 0.5) is 0 Å². The molecule has 100 valence electrons. The minimum Gasteiger partial charge on any atom is -0.507 e. The van der Waals surface area contributed by atoms with Crippen molar-refractivity contribution in [2.75, 3.05) is 19.6 Å². The Morgan fingerprint density at radius 2 is 1.83 bits per heavy atom. The Kier molecular flexibility index (Phi) is 6.44. The van der Waals surface area contributed by atoms with Crippen molar-refractivity contribution in [1.29, 1.82) is 0 Å². The van der Waals surface area contributed by atoms with Gasteiger partial charge < -0.3 is 10.0 Å². The summed E-state index contributed by atoms with van der Waals surface area (Å²) in [7, 11) is 0. The molecule has 1 rings (SSSR count). The molecule has 1 N–H and O–H groups in total. The predicted molar refractivity (Wildman–Crippen MR) is 74.2 cm³/mol. The normalized spacial score (nSPS) is 10.8. The summed E-state index contributed by atoms with van der Waals surface area (Å²) in [6, 6.07) is 5.29. The highest BCUT2D eigenvalue weighted by Crippen LogP contribution is 2.17. The van der Waals surface area contributed by atoms with Gasteiger partial charge in [-0.15, -0.1) is 0 Å². The van der Waals surface area contributed by atoms with Crippen molar-refractivity contribution in [3.63, 3.8) is 0 Å². The summed E-state index contributed by atoms with van der Waals surface area (Å²) in [6.45, 7) is 7.61. The van der Waals surface area contributed by atoms with Crippen LogP contribution in [0.3, 0.4) is 0 Å². The van der Waals surface area contributed by atoms with Crippen LogP contribution in [0.1, 0.15) is 42.6 Å². The fraction of sp³-hybridized carbons (Fsp3) is 0.533. The first kappa shape index (κ1) is 14.7. The number of hydrogen-bond donors (Lipinski definition) is 1. The number of rotatable bonds is 8. The highest BCUT2D eigenvalue weighted by molar-refractivity contribution is 5.79. The zero-order chi connectivity index (χ0) is 13.4. The number of aromatic hydroxyl groups is 1. The van der Waals surface area contributed by atoms with Crippen molar-refractivity contribution in [2.45, 2.75) is 33.1 Å². The first-order valence-electron chi connectivity index (χ1n) is 6.70. The van der Waals surface area contributed by atoms with Gasteiger partial charge in [0.15, 0.2) is 6.29 Å². The molecule has 0 aliphatic carbocycles. The molecule has 0 amide bonds. The highest BCUT2D eigenvalue weighted by atomic mass is 16.3. The fourth-order valence-electron chi connectivity index (χ4n) is 2.10. The lowest BCUT2D eigenvalue weighted by Crippen LogP contribution is -2.27. The maximum absolute atomic E-state index is 10.6. The Labute approximate surface area is 109 Å². The van der Waals surface area contributed by atoms with Gasteiger partial charge in [-0.05, 0) is 50.0 Å². The second-order valence-electron chi connectivity index (χ2n) is 4.60. The SMILES string of the molecule is CCCN(CCC)CCc1ccc(C=O)c(O)c1. The Morgan fingerprint density at radius 3 is 2.33 bits per heavy atom. The first-order valence-corrected chi connectivity index (χ1v) is 6.70. The third-order valence-electron chi connectivity index (χ3n) is 3.02. The van der Waals surface area contributed by atoms with Gasteiger partial charge in [0.25, 0.3) is 0 Å². The van der Waals surface area contributed by atoms with Gasteiger partial charge in [-0.1, -0.05) is 19.9 Å². The largest absolute Gasteiger partial charge is 0.507 e. The average molecular weight is 249 g/mol. The van der Waals surface area contributed by atoms with E-state index in [0.29, 0.717) is 11.8 Å². The van der Waals surface area contributed by atoms with Gasteiger partial charge in [0, 0.05) is 6.54 Å². The molecule has 1 aromatic carbocycles. The average Bonchev–Trinajstić information content (AvgIpc) is 2.36. The van der Waals surface area contributed by atoms with E-state index in [1.54, 1.807) is 12.1 Å². The molecule has 0 radical (unpaired) electrons. The third-order valence-corrected chi connectivity index (χ3v) is 3.02. The summed E-state index contributed by atoms with van der Waals surface area (Å²) in [6.07, 6.45) is 3.91. The second-order valence-corrected chi connectivity index (χ2v) is 4.60. The molecule has 18 heavy (non-hydrogen) atoms. The second kappa shape index (κ2) is 7.88. The standard InChI is InChI=1S/C15H23NO2/c1-3-8-16(9-4-2)10-7-13-5-6-14(12-17)15(18)11-13/h5-6,11-12,18H,3-4,7-10H2,1-2H3. The van der Waals surface area contributed by atoms with Crippen LogP contribution in [0.25, 0.3) is 0 Å². The molecular formula is C15H23NO2. The number of aldehydes is 1. The zero-order valence-electron chi connectivity index (χ0n) is 11.4. The molecule has 0 aliphatic rings. The van der Waals surface area contributed by atoms with Crippen molar-refractivity contribution in [3.05, 3.63) is 29.3 Å². The Morgan fingerprint density at radius 1 is 1.17 bits per heavy atom. The summed E-state index contributed by atoms with van der Waals surface area (Å²) >= 11 is 0. The van der Waals surface area contributed by atoms with Gasteiger partial charge >= 0.3 is 0 Å². The topological polar surface area (TPSA) is 40.5 Å². The van der Waals surface area contributed by atoms with Gasteiger partial charge in [0.2, 0.25) is 0 Å². The number of phenols is 1. The number of nitrogens with zero attached hydrogens (tertiary/aromatic N) is 1. The number of carbonyl (C=O) groups is 1. The van der Waals surface area contributed by atoms with E-state index in [1.165, 1.54) is 0 Å². The summed E-state index contributed by atoms with van der Waals surface area (Å²) in [5.41, 5.74) is 1.44. The van der Waals surface area contributed by atoms with Crippen LogP contribution >= 0.6 is 0 Å². The van der Waals surface area contributed by atoms with Crippen molar-refractivity contribution >= 4 is 6.29 Å². The zero-order valence-corrected chi connectivity index (χ0v) is 11.4. The van der Waals surface area contributed by atoms with Gasteiger partial charge in [-0.3, -0.25) is 4.79 Å². The van der Waals surface area contributed by atoms with Gasteiger partial charge in [0.05, 0.1) is 5.56 Å². The van der Waals surface area contributed by atoms with E-state index in [2.05, 4.69) is 18.7 Å². The van der Waals surface area contributed by atoms with Gasteiger partial charge in [0.1, 0.15) is 5.75 Å². The molecule has 0 heterocycles. The minimum absolute atomic E-state index is 0.0834. The molecule has 1 aromatic rings. The highest BCUT2D eigenvalue weighted by Gasteiger charge is 2.05. The maximum atomic E-state index is 10.6. The monoisotopic (exact) mass is 249 g/mol. The van der Waals surface area contributed by atoms with Gasteiger partial charge in [-0.2, -0.15) is 0 Å². The quantitative estimate of drug-likeness (QED) is 0.720. The van der Waals surface area contributed by atoms with E-state index in [4.69, 9.17) is 0 Å². The molecule has 0 saturated carbocycles. The van der Waals surface area contributed by atoms with E-state index in [1.807, 2.05) is 6.07 Å². The molecule has 0 spiro atoms. The first-order chi connectivity index (χ1) is 8.71. The molecule has 0 bridgehead atoms. The van der Waals surface area contributed by atoms with E-state index in [-0.39, 0.29) is 5.75 Å². The lowest BCUT2D eigenvalue weighted by atomic mass is 10.1. The lowest BCUT2D eigenvalue weighted by Gasteiger charge is -2.20. The Hall–Kier alpha value is -1.35. The van der Waals surface area contributed by atoms with Crippen molar-refractivity contribution < 1.29 is 9.90 Å². The number of benzene rings is 1. The van der Waals surface area contributed by atoms with Crippen molar-refractivity contribution in [3.8, 4) is 5.75 Å². The van der Waals surface area contributed by atoms with Crippen LogP contribution in [-0.4, -0.2) is 35.9 Å². The van der Waals surface area contributed by atoms with Gasteiger partial charge in [-0.25, -0.2) is 0 Å². The Bertz CT molecular complexity index is 371. The fourth-order valence-corrected chi connectivity index (χ4v) is 2.10. The summed E-state index contributed by atoms with van der Waals surface area (Å²) in [4.78, 5) is 13.0. The van der Waals surface area contributed by atoms with Crippen LogP contribution in [-0.2, 0) is 6.42 Å². The van der Waals surface area contributed by atoms with Crippen LogP contribution in [0.2, 0.25) is 0 Å². The summed E-state index contributed by atoms with van der Waals surface area (Å²) < 4.78 is 0. The maximum Gasteiger partial charge on any atom is 0.153 e. The molecule has 0 saturated heterocycles. The predicted octanol–water partition coefficient (Wildman–Crippen LogP) is 2.87. The van der Waals surface area contributed by atoms with E-state index in [0.717, 1.165) is 44.5 Å². The van der Waals surface area contributed by atoms with Crippen molar-refractivity contribution in [2.24, 2.45) is 0 Å². The molecule has 3 nitrogen and oxygen atoms in total. The van der Waals surface area contributed by atoms with Crippen molar-refractivity contribution in [1.82, 2.24) is 4.90 Å². The summed E-state index contributed by atoms with van der Waals surface area (Å²) in [5.74, 6) is 0.0834. The molecule has 0 aromatic heterocycles.